The van der Waals surface area contributed by atoms with Crippen molar-refractivity contribution in [3.63, 3.8) is 0 Å². The van der Waals surface area contributed by atoms with E-state index in [4.69, 9.17) is 19.9 Å². The van der Waals surface area contributed by atoms with Gasteiger partial charge in [-0.25, -0.2) is 9.18 Å². The molecule has 4 aromatic rings. The molecule has 0 spiro atoms. The first-order chi connectivity index (χ1) is 17.4. The molecule has 4 rings (SSSR count). The van der Waals surface area contributed by atoms with Gasteiger partial charge in [0.05, 0.1) is 32.4 Å². The summed E-state index contributed by atoms with van der Waals surface area (Å²) >= 11 is 0. The lowest BCUT2D eigenvalue weighted by molar-refractivity contribution is 0.235. The summed E-state index contributed by atoms with van der Waals surface area (Å²) in [5, 5.41) is 10.6. The molecule has 2 amide bonds. The van der Waals surface area contributed by atoms with Crippen LogP contribution in [0.2, 0.25) is 0 Å². The number of fused-ring (bicyclic) bond motifs is 1. The number of hydrogen-bond donors (Lipinski definition) is 2. The van der Waals surface area contributed by atoms with Crippen molar-refractivity contribution in [3.05, 3.63) is 84.3 Å². The first-order valence-electron chi connectivity index (χ1n) is 11.2. The molecule has 1 unspecified atom stereocenters. The molecule has 0 bridgehead atoms. The first kappa shape index (κ1) is 24.7. The SMILES string of the molecule is COc1cc2nccc(Oc3ccc(N(C(N)=O)C(CO)Cc4ccccc4)cc3F)c2cc1OC. The summed E-state index contributed by atoms with van der Waals surface area (Å²) < 4.78 is 31.7. The van der Waals surface area contributed by atoms with Gasteiger partial charge in [0.1, 0.15) is 5.75 Å². The van der Waals surface area contributed by atoms with E-state index in [1.165, 1.54) is 31.3 Å². The fourth-order valence-electron chi connectivity index (χ4n) is 4.02. The van der Waals surface area contributed by atoms with Crippen molar-refractivity contribution < 1.29 is 28.5 Å². The highest BCUT2D eigenvalue weighted by Crippen LogP contribution is 2.38. The number of methoxy groups -OCH3 is 2. The third kappa shape index (κ3) is 5.16. The summed E-state index contributed by atoms with van der Waals surface area (Å²) in [7, 11) is 3.04. The summed E-state index contributed by atoms with van der Waals surface area (Å²) in [6.45, 7) is -0.355. The molecule has 0 aliphatic carbocycles. The van der Waals surface area contributed by atoms with Crippen molar-refractivity contribution in [1.29, 1.82) is 0 Å². The van der Waals surface area contributed by atoms with Crippen molar-refractivity contribution in [2.75, 3.05) is 25.7 Å². The van der Waals surface area contributed by atoms with E-state index in [0.29, 0.717) is 34.6 Å². The molecule has 0 saturated carbocycles. The van der Waals surface area contributed by atoms with Crippen LogP contribution < -0.4 is 24.8 Å². The van der Waals surface area contributed by atoms with Crippen LogP contribution in [-0.2, 0) is 6.42 Å². The Morgan fingerprint density at radius 2 is 1.72 bits per heavy atom. The number of nitrogens with zero attached hydrogens (tertiary/aromatic N) is 2. The lowest BCUT2D eigenvalue weighted by atomic mass is 10.0. The highest BCUT2D eigenvalue weighted by atomic mass is 19.1. The van der Waals surface area contributed by atoms with Crippen LogP contribution in [0, 0.1) is 5.82 Å². The third-order valence-electron chi connectivity index (χ3n) is 5.75. The Kier molecular flexibility index (Phi) is 7.50. The minimum Gasteiger partial charge on any atom is -0.493 e. The maximum atomic E-state index is 15.2. The van der Waals surface area contributed by atoms with Crippen LogP contribution in [-0.4, -0.2) is 43.0 Å². The molecule has 36 heavy (non-hydrogen) atoms. The highest BCUT2D eigenvalue weighted by molar-refractivity contribution is 5.91. The Labute approximate surface area is 207 Å². The van der Waals surface area contributed by atoms with E-state index in [1.54, 1.807) is 24.4 Å². The van der Waals surface area contributed by atoms with Gasteiger partial charge in [0.25, 0.3) is 0 Å². The number of anilines is 1. The Hall–Kier alpha value is -4.37. The van der Waals surface area contributed by atoms with Gasteiger partial charge in [-0.1, -0.05) is 30.3 Å². The van der Waals surface area contributed by atoms with Crippen LogP contribution >= 0.6 is 0 Å². The van der Waals surface area contributed by atoms with E-state index in [9.17, 15) is 9.90 Å². The van der Waals surface area contributed by atoms with E-state index in [-0.39, 0.29) is 18.0 Å². The fourth-order valence-corrected chi connectivity index (χ4v) is 4.02. The zero-order valence-electron chi connectivity index (χ0n) is 19.8. The van der Waals surface area contributed by atoms with Crippen molar-refractivity contribution in [2.24, 2.45) is 5.73 Å². The average Bonchev–Trinajstić information content (AvgIpc) is 2.89. The fraction of sp³-hybridized carbons (Fsp3) is 0.185. The third-order valence-corrected chi connectivity index (χ3v) is 5.75. The standard InChI is InChI=1S/C27H26FN3O5/c1-34-25-14-20-22(15-26(25)35-2)30-11-10-23(20)36-24-9-8-18(13-21(24)28)31(27(29)33)19(16-32)12-17-6-4-3-5-7-17/h3-11,13-15,19,32H,12,16H2,1-2H3,(H2,29,33). The summed E-state index contributed by atoms with van der Waals surface area (Å²) in [5.41, 5.74) is 7.30. The predicted molar refractivity (Wildman–Crippen MR) is 134 cm³/mol. The number of aliphatic hydroxyl groups excluding tert-OH is 1. The van der Waals surface area contributed by atoms with E-state index in [0.717, 1.165) is 11.6 Å². The molecule has 0 fully saturated rings. The number of carbonyl (C=O) groups is 1. The summed E-state index contributed by atoms with van der Waals surface area (Å²) in [4.78, 5) is 17.8. The van der Waals surface area contributed by atoms with Crippen LogP contribution in [0.1, 0.15) is 5.56 Å². The Morgan fingerprint density at radius 1 is 1.00 bits per heavy atom. The second-order valence-corrected chi connectivity index (χ2v) is 7.98. The minimum atomic E-state index is -0.806. The molecular formula is C27H26FN3O5. The van der Waals surface area contributed by atoms with Crippen LogP contribution in [0.5, 0.6) is 23.0 Å². The number of halogens is 1. The van der Waals surface area contributed by atoms with Gasteiger partial charge in [0, 0.05) is 29.4 Å². The van der Waals surface area contributed by atoms with Crippen LogP contribution in [0.3, 0.4) is 0 Å². The lowest BCUT2D eigenvalue weighted by Crippen LogP contribution is -2.47. The number of primary amides is 1. The van der Waals surface area contributed by atoms with Crippen LogP contribution in [0.4, 0.5) is 14.9 Å². The van der Waals surface area contributed by atoms with Gasteiger partial charge in [0.15, 0.2) is 23.1 Å². The quantitative estimate of drug-likeness (QED) is 0.352. The molecule has 0 aliphatic rings. The molecule has 0 radical (unpaired) electrons. The van der Waals surface area contributed by atoms with Gasteiger partial charge in [-0.2, -0.15) is 0 Å². The number of aliphatic hydroxyl groups is 1. The average molecular weight is 492 g/mol. The molecule has 0 aliphatic heterocycles. The van der Waals surface area contributed by atoms with Crippen LogP contribution in [0.25, 0.3) is 10.9 Å². The Bertz CT molecular complexity index is 1370. The number of carbonyl (C=O) groups excluding carboxylic acids is 1. The van der Waals surface area contributed by atoms with Crippen LogP contribution in [0.15, 0.2) is 72.9 Å². The number of hydrogen-bond acceptors (Lipinski definition) is 6. The Morgan fingerprint density at radius 3 is 2.36 bits per heavy atom. The van der Waals surface area contributed by atoms with Gasteiger partial charge >= 0.3 is 6.03 Å². The largest absolute Gasteiger partial charge is 0.493 e. The number of urea groups is 1. The molecule has 8 nitrogen and oxygen atoms in total. The highest BCUT2D eigenvalue weighted by Gasteiger charge is 2.25. The maximum Gasteiger partial charge on any atom is 0.319 e. The van der Waals surface area contributed by atoms with E-state index in [1.807, 2.05) is 30.3 Å². The number of aromatic nitrogens is 1. The van der Waals surface area contributed by atoms with Gasteiger partial charge in [-0.3, -0.25) is 9.88 Å². The van der Waals surface area contributed by atoms with Gasteiger partial charge in [-0.05, 0) is 36.2 Å². The maximum absolute atomic E-state index is 15.2. The summed E-state index contributed by atoms with van der Waals surface area (Å²) in [6.07, 6.45) is 1.88. The second-order valence-electron chi connectivity index (χ2n) is 7.98. The molecule has 3 aromatic carbocycles. The number of benzene rings is 3. The van der Waals surface area contributed by atoms with Crippen molar-refractivity contribution in [2.45, 2.75) is 12.5 Å². The summed E-state index contributed by atoms with van der Waals surface area (Å²) in [6, 6.07) is 17.0. The Balaban J connectivity index is 1.64. The van der Waals surface area contributed by atoms with Crippen molar-refractivity contribution in [3.8, 4) is 23.0 Å². The molecule has 9 heteroatoms. The number of rotatable bonds is 9. The lowest BCUT2D eigenvalue weighted by Gasteiger charge is -2.29. The van der Waals surface area contributed by atoms with E-state index >= 15 is 4.39 Å². The topological polar surface area (TPSA) is 107 Å². The van der Waals surface area contributed by atoms with Gasteiger partial charge < -0.3 is 25.1 Å². The monoisotopic (exact) mass is 491 g/mol. The number of ether oxygens (including phenoxy) is 3. The molecule has 3 N–H and O–H groups in total. The first-order valence-corrected chi connectivity index (χ1v) is 11.2. The zero-order valence-corrected chi connectivity index (χ0v) is 19.8. The number of nitrogens with two attached hydrogens (primary N) is 1. The predicted octanol–water partition coefficient (Wildman–Crippen LogP) is 4.67. The smallest absolute Gasteiger partial charge is 0.319 e. The molecule has 1 aromatic heterocycles. The minimum absolute atomic E-state index is 0.0611. The summed E-state index contributed by atoms with van der Waals surface area (Å²) in [5.74, 6) is 0.571. The van der Waals surface area contributed by atoms with Gasteiger partial charge in [-0.15, -0.1) is 0 Å². The molecule has 1 heterocycles. The molecule has 0 saturated heterocycles. The normalized spacial score (nSPS) is 11.7. The molecular weight excluding hydrogens is 465 g/mol. The van der Waals surface area contributed by atoms with E-state index < -0.39 is 17.9 Å². The number of pyridine rings is 1. The van der Waals surface area contributed by atoms with E-state index in [2.05, 4.69) is 4.98 Å². The van der Waals surface area contributed by atoms with Crippen molar-refractivity contribution in [1.82, 2.24) is 4.98 Å². The second kappa shape index (κ2) is 10.9. The molecule has 186 valence electrons. The zero-order chi connectivity index (χ0) is 25.7. The number of amides is 2. The molecule has 1 atom stereocenters. The van der Waals surface area contributed by atoms with Gasteiger partial charge in [0.2, 0.25) is 0 Å². The van der Waals surface area contributed by atoms with Crippen molar-refractivity contribution >= 4 is 22.6 Å².